The number of benzene rings is 1. The maximum absolute atomic E-state index is 11.4. The molecule has 0 radical (unpaired) electrons. The van der Waals surface area contributed by atoms with E-state index in [9.17, 15) is 35.6 Å². The molecule has 0 saturated carbocycles. The Morgan fingerprint density at radius 2 is 1.55 bits per heavy atom. The van der Waals surface area contributed by atoms with Gasteiger partial charge < -0.3 is 4.84 Å². The summed E-state index contributed by atoms with van der Waals surface area (Å²) in [4.78, 5) is 31.1. The van der Waals surface area contributed by atoms with Gasteiger partial charge >= 0.3 is 5.96 Å². The lowest BCUT2D eigenvalue weighted by Crippen LogP contribution is -2.33. The Labute approximate surface area is 122 Å². The summed E-state index contributed by atoms with van der Waals surface area (Å²) in [5, 5.41) is 42.9. The van der Waals surface area contributed by atoms with Crippen LogP contribution in [0.1, 0.15) is 17.2 Å². The summed E-state index contributed by atoms with van der Waals surface area (Å²) in [6.07, 6.45) is -1.51. The van der Waals surface area contributed by atoms with Crippen LogP contribution < -0.4 is 0 Å². The number of hydrogen-bond acceptors (Lipinski definition) is 8. The molecule has 22 heavy (non-hydrogen) atoms. The van der Waals surface area contributed by atoms with Crippen LogP contribution in [0.15, 0.2) is 24.3 Å². The van der Waals surface area contributed by atoms with E-state index < -0.39 is 38.3 Å². The van der Waals surface area contributed by atoms with E-state index in [0.29, 0.717) is 0 Å². The zero-order valence-corrected chi connectivity index (χ0v) is 11.1. The number of nitrogens with zero attached hydrogens (tertiary/aromatic N) is 4. The molecule has 0 spiro atoms. The SMILES string of the molecule is Cc1ccc(C(C[N+](=O)[O-])O[N+]([O-])=C([N+](=O)[O-])[N+](=O)[O-])cc1. The van der Waals surface area contributed by atoms with Crippen LogP contribution in [0.4, 0.5) is 0 Å². The molecule has 118 valence electrons. The Kier molecular flexibility index (Phi) is 5.26. The van der Waals surface area contributed by atoms with Crippen molar-refractivity contribution in [3.8, 4) is 0 Å². The lowest BCUT2D eigenvalue weighted by Gasteiger charge is -2.14. The molecule has 12 heteroatoms. The molecular formula is C10H10N4O8. The van der Waals surface area contributed by atoms with Gasteiger partial charge in [0.1, 0.15) is 0 Å². The Bertz CT molecular complexity index is 610. The second kappa shape index (κ2) is 6.92. The van der Waals surface area contributed by atoms with Crippen LogP contribution in [0.2, 0.25) is 0 Å². The first-order chi connectivity index (χ1) is 10.2. The summed E-state index contributed by atoms with van der Waals surface area (Å²) in [5.74, 6) is -1.99. The molecule has 0 aliphatic carbocycles. The molecule has 1 unspecified atom stereocenters. The summed E-state index contributed by atoms with van der Waals surface area (Å²) >= 11 is 0. The first-order valence-corrected chi connectivity index (χ1v) is 5.70. The molecule has 0 aliphatic rings. The number of nitro groups is 3. The van der Waals surface area contributed by atoms with Crippen molar-refractivity contribution >= 4 is 5.96 Å². The van der Waals surface area contributed by atoms with Crippen LogP contribution in [0.5, 0.6) is 0 Å². The van der Waals surface area contributed by atoms with Crippen molar-refractivity contribution in [1.82, 2.24) is 0 Å². The number of hydrogen-bond donors (Lipinski definition) is 0. The first kappa shape index (κ1) is 16.7. The van der Waals surface area contributed by atoms with Gasteiger partial charge in [0.05, 0.1) is 0 Å². The Morgan fingerprint density at radius 1 is 1.05 bits per heavy atom. The predicted molar refractivity (Wildman–Crippen MR) is 69.5 cm³/mol. The molecule has 1 aromatic rings. The first-order valence-electron chi connectivity index (χ1n) is 5.70. The fourth-order valence-corrected chi connectivity index (χ4v) is 1.48. The molecule has 12 nitrogen and oxygen atoms in total. The van der Waals surface area contributed by atoms with Gasteiger partial charge in [-0.2, -0.15) is 0 Å². The van der Waals surface area contributed by atoms with E-state index in [2.05, 4.69) is 4.84 Å². The molecule has 0 aliphatic heterocycles. The second-order valence-corrected chi connectivity index (χ2v) is 4.09. The molecule has 0 fully saturated rings. The van der Waals surface area contributed by atoms with Crippen LogP contribution >= 0.6 is 0 Å². The van der Waals surface area contributed by atoms with Gasteiger partial charge in [0.15, 0.2) is 11.0 Å². The van der Waals surface area contributed by atoms with Crippen molar-refractivity contribution < 1.29 is 24.5 Å². The zero-order chi connectivity index (χ0) is 16.9. The van der Waals surface area contributed by atoms with Crippen LogP contribution in [0, 0.1) is 42.5 Å². The van der Waals surface area contributed by atoms with Crippen molar-refractivity contribution in [2.24, 2.45) is 0 Å². The van der Waals surface area contributed by atoms with E-state index in [1.807, 2.05) is 0 Å². The minimum absolute atomic E-state index is 0.175. The molecule has 0 aromatic heterocycles. The van der Waals surface area contributed by atoms with Gasteiger partial charge in [-0.25, -0.2) is 25.4 Å². The third kappa shape index (κ3) is 4.36. The quantitative estimate of drug-likeness (QED) is 0.251. The average molecular weight is 314 g/mol. The van der Waals surface area contributed by atoms with E-state index in [1.54, 1.807) is 19.1 Å². The lowest BCUT2D eigenvalue weighted by molar-refractivity contribution is -0.805. The molecule has 0 N–H and O–H groups in total. The molecule has 0 heterocycles. The zero-order valence-electron chi connectivity index (χ0n) is 11.1. The van der Waals surface area contributed by atoms with E-state index >= 15 is 0 Å². The van der Waals surface area contributed by atoms with Crippen LogP contribution in [-0.4, -0.2) is 32.2 Å². The Hall–Kier alpha value is -3.31. The average Bonchev–Trinajstić information content (AvgIpc) is 2.37. The topological polar surface area (TPSA) is 165 Å². The maximum Gasteiger partial charge on any atom is 0.866 e. The van der Waals surface area contributed by atoms with Crippen LogP contribution in [0.3, 0.4) is 0 Å². The standard InChI is InChI=1S/C10H10N4O8/c1-7-2-4-8(5-3-7)9(6-11(15)16)22-14(21)10(12(17)18)13(19)20/h2-5,9H,6H2,1H3. The normalized spacial score (nSPS) is 11.3. The molecule has 0 bridgehead atoms. The minimum Gasteiger partial charge on any atom is -0.378 e. The molecular weight excluding hydrogens is 304 g/mol. The van der Waals surface area contributed by atoms with E-state index in [0.717, 1.165) is 5.56 Å². The molecule has 0 amide bonds. The summed E-state index contributed by atoms with van der Waals surface area (Å²) in [7, 11) is 0. The maximum atomic E-state index is 11.4. The monoisotopic (exact) mass is 314 g/mol. The van der Waals surface area contributed by atoms with Gasteiger partial charge in [-0.1, -0.05) is 29.8 Å². The van der Waals surface area contributed by atoms with Crippen LogP contribution in [-0.2, 0) is 4.84 Å². The number of guanidine groups is 1. The van der Waals surface area contributed by atoms with Crippen molar-refractivity contribution in [2.75, 3.05) is 6.54 Å². The fraction of sp³-hybridized carbons (Fsp3) is 0.300. The smallest absolute Gasteiger partial charge is 0.378 e. The van der Waals surface area contributed by atoms with Gasteiger partial charge in [0.25, 0.3) is 0 Å². The number of rotatable bonds is 5. The largest absolute Gasteiger partial charge is 0.866 e. The Morgan fingerprint density at radius 3 is 1.95 bits per heavy atom. The highest BCUT2D eigenvalue weighted by molar-refractivity contribution is 5.55. The third-order valence-corrected chi connectivity index (χ3v) is 2.48. The predicted octanol–water partition coefficient (Wildman–Crippen LogP) is 0.664. The van der Waals surface area contributed by atoms with Gasteiger partial charge in [0, 0.05) is 4.92 Å². The summed E-state index contributed by atoms with van der Waals surface area (Å²) in [5.41, 5.74) is 1.000. The third-order valence-electron chi connectivity index (χ3n) is 2.48. The summed E-state index contributed by atoms with van der Waals surface area (Å²) in [6.45, 7) is 0.850. The lowest BCUT2D eigenvalue weighted by atomic mass is 10.1. The van der Waals surface area contributed by atoms with Crippen molar-refractivity contribution in [3.63, 3.8) is 0 Å². The van der Waals surface area contributed by atoms with Crippen molar-refractivity contribution in [2.45, 2.75) is 13.0 Å². The Balaban J connectivity index is 3.15. The second-order valence-electron chi connectivity index (χ2n) is 4.09. The summed E-state index contributed by atoms with van der Waals surface area (Å²) < 4.78 is 0. The van der Waals surface area contributed by atoms with Crippen LogP contribution in [0.25, 0.3) is 0 Å². The van der Waals surface area contributed by atoms with E-state index in [1.165, 1.54) is 12.1 Å². The van der Waals surface area contributed by atoms with Gasteiger partial charge in [0.2, 0.25) is 16.4 Å². The summed E-state index contributed by atoms with van der Waals surface area (Å²) in [6, 6.07) is 5.98. The number of aryl methyl sites for hydroxylation is 1. The van der Waals surface area contributed by atoms with Crippen molar-refractivity contribution in [3.05, 3.63) is 70.9 Å². The van der Waals surface area contributed by atoms with E-state index in [-0.39, 0.29) is 5.56 Å². The molecule has 1 rings (SSSR count). The van der Waals surface area contributed by atoms with Gasteiger partial charge in [-0.15, -0.1) is 0 Å². The highest BCUT2D eigenvalue weighted by atomic mass is 16.9. The van der Waals surface area contributed by atoms with E-state index in [4.69, 9.17) is 0 Å². The van der Waals surface area contributed by atoms with Gasteiger partial charge in [-0.05, 0) is 12.5 Å². The molecule has 1 aromatic carbocycles. The minimum atomic E-state index is -1.99. The molecule has 0 saturated heterocycles. The highest BCUT2D eigenvalue weighted by Gasteiger charge is 2.44. The fourth-order valence-electron chi connectivity index (χ4n) is 1.48. The molecule has 1 atom stereocenters. The van der Waals surface area contributed by atoms with Gasteiger partial charge in [-0.3, -0.25) is 10.1 Å². The van der Waals surface area contributed by atoms with Crippen molar-refractivity contribution in [1.29, 1.82) is 0 Å². The highest BCUT2D eigenvalue weighted by Crippen LogP contribution is 2.18.